The van der Waals surface area contributed by atoms with Crippen molar-refractivity contribution in [3.63, 3.8) is 0 Å². The summed E-state index contributed by atoms with van der Waals surface area (Å²) in [6, 6.07) is 14.9. The number of hydrogen-bond donors (Lipinski definition) is 3. The fraction of sp³-hybridized carbons (Fsp3) is 0.417. The van der Waals surface area contributed by atoms with E-state index in [1.165, 1.54) is 5.56 Å². The van der Waals surface area contributed by atoms with Gasteiger partial charge in [0.2, 0.25) is 0 Å². The maximum absolute atomic E-state index is 12.2. The van der Waals surface area contributed by atoms with E-state index in [9.17, 15) is 9.59 Å². The molecule has 7 nitrogen and oxygen atoms in total. The van der Waals surface area contributed by atoms with Crippen molar-refractivity contribution in [1.82, 2.24) is 10.6 Å². The third kappa shape index (κ3) is 5.42. The molecule has 0 aliphatic heterocycles. The van der Waals surface area contributed by atoms with Crippen LogP contribution in [0.4, 0.5) is 4.79 Å². The number of hydrogen-bond acceptors (Lipinski definition) is 5. The standard InChI is InChI=1S/C24H31N3O4/c1-24(2)19-15-18(31-23(25)29)11-10-17(19)14-20(30-3)21(24)26-12-7-13-27-22(28)16-8-5-4-6-9-16/h4-6,8-11,15,20-21,26H,7,12-14H2,1-3H3,(H2,25,29)(H,27,28)/t20-,21+/m0/s1. The Morgan fingerprint density at radius 2 is 1.87 bits per heavy atom. The molecule has 0 radical (unpaired) electrons. The number of ether oxygens (including phenoxy) is 2. The van der Waals surface area contributed by atoms with Crippen LogP contribution < -0.4 is 21.1 Å². The Bertz CT molecular complexity index is 914. The molecular formula is C24H31N3O4. The first kappa shape index (κ1) is 22.8. The van der Waals surface area contributed by atoms with Crippen molar-refractivity contribution < 1.29 is 19.1 Å². The van der Waals surface area contributed by atoms with Crippen LogP contribution >= 0.6 is 0 Å². The van der Waals surface area contributed by atoms with Gasteiger partial charge in [0, 0.05) is 37.1 Å². The van der Waals surface area contributed by atoms with Crippen LogP contribution in [0.3, 0.4) is 0 Å². The Morgan fingerprint density at radius 3 is 2.55 bits per heavy atom. The van der Waals surface area contributed by atoms with Crippen LogP contribution in [0, 0.1) is 0 Å². The number of amides is 2. The lowest BCUT2D eigenvalue weighted by atomic mass is 9.68. The van der Waals surface area contributed by atoms with Crippen molar-refractivity contribution in [1.29, 1.82) is 0 Å². The predicted octanol–water partition coefficient (Wildman–Crippen LogP) is 2.77. The highest BCUT2D eigenvalue weighted by Crippen LogP contribution is 2.39. The summed E-state index contributed by atoms with van der Waals surface area (Å²) in [4.78, 5) is 23.3. The van der Waals surface area contributed by atoms with Crippen molar-refractivity contribution in [2.45, 2.75) is 44.2 Å². The van der Waals surface area contributed by atoms with E-state index in [-0.39, 0.29) is 23.5 Å². The highest BCUT2D eigenvalue weighted by molar-refractivity contribution is 5.94. The van der Waals surface area contributed by atoms with E-state index in [2.05, 4.69) is 24.5 Å². The van der Waals surface area contributed by atoms with E-state index >= 15 is 0 Å². The minimum atomic E-state index is -0.824. The molecule has 0 aromatic heterocycles. The van der Waals surface area contributed by atoms with Crippen LogP contribution in [0.15, 0.2) is 48.5 Å². The highest BCUT2D eigenvalue weighted by Gasteiger charge is 2.42. The van der Waals surface area contributed by atoms with E-state index in [1.54, 1.807) is 25.3 Å². The van der Waals surface area contributed by atoms with Gasteiger partial charge in [-0.2, -0.15) is 0 Å². The van der Waals surface area contributed by atoms with Crippen molar-refractivity contribution >= 4 is 12.0 Å². The maximum atomic E-state index is 12.2. The Balaban J connectivity index is 1.61. The van der Waals surface area contributed by atoms with Gasteiger partial charge < -0.3 is 25.8 Å². The molecule has 2 aromatic rings. The van der Waals surface area contributed by atoms with Gasteiger partial charge in [0.05, 0.1) is 6.10 Å². The second-order valence-electron chi connectivity index (χ2n) is 8.35. The fourth-order valence-electron chi connectivity index (χ4n) is 4.33. The van der Waals surface area contributed by atoms with Crippen LogP contribution in [-0.4, -0.2) is 44.3 Å². The lowest BCUT2D eigenvalue weighted by Gasteiger charge is -2.45. The smallest absolute Gasteiger partial charge is 0.409 e. The zero-order valence-corrected chi connectivity index (χ0v) is 18.3. The number of benzene rings is 2. The molecule has 0 unspecified atom stereocenters. The normalized spacial score (nSPS) is 19.3. The van der Waals surface area contributed by atoms with Crippen LogP contribution in [0.25, 0.3) is 0 Å². The van der Waals surface area contributed by atoms with Gasteiger partial charge in [-0.15, -0.1) is 0 Å². The summed E-state index contributed by atoms with van der Waals surface area (Å²) in [7, 11) is 1.73. The van der Waals surface area contributed by atoms with E-state index < -0.39 is 6.09 Å². The number of carbonyl (C=O) groups is 2. The third-order valence-electron chi connectivity index (χ3n) is 5.91. The Morgan fingerprint density at radius 1 is 1.13 bits per heavy atom. The molecule has 7 heteroatoms. The highest BCUT2D eigenvalue weighted by atomic mass is 16.5. The average molecular weight is 426 g/mol. The summed E-state index contributed by atoms with van der Waals surface area (Å²) in [6.45, 7) is 5.62. The predicted molar refractivity (Wildman–Crippen MR) is 119 cm³/mol. The summed E-state index contributed by atoms with van der Waals surface area (Å²) in [5, 5.41) is 6.57. The average Bonchev–Trinajstić information content (AvgIpc) is 2.75. The number of carbonyl (C=O) groups excluding carboxylic acids is 2. The third-order valence-corrected chi connectivity index (χ3v) is 5.91. The number of nitrogens with one attached hydrogen (secondary N) is 2. The maximum Gasteiger partial charge on any atom is 0.409 e. The topological polar surface area (TPSA) is 103 Å². The van der Waals surface area contributed by atoms with E-state index in [4.69, 9.17) is 15.2 Å². The zero-order chi connectivity index (χ0) is 22.4. The zero-order valence-electron chi connectivity index (χ0n) is 18.3. The van der Waals surface area contributed by atoms with Gasteiger partial charge >= 0.3 is 6.09 Å². The molecule has 2 aromatic carbocycles. The second-order valence-corrected chi connectivity index (χ2v) is 8.35. The lowest BCUT2D eigenvalue weighted by Crippen LogP contribution is -2.57. The van der Waals surface area contributed by atoms with E-state index in [1.807, 2.05) is 30.3 Å². The Kier molecular flexibility index (Phi) is 7.30. The molecule has 2 amide bonds. The summed E-state index contributed by atoms with van der Waals surface area (Å²) in [5.41, 5.74) is 7.84. The fourth-order valence-corrected chi connectivity index (χ4v) is 4.33. The van der Waals surface area contributed by atoms with Gasteiger partial charge in [0.1, 0.15) is 5.75 Å². The van der Waals surface area contributed by atoms with Gasteiger partial charge in [-0.05, 0) is 48.4 Å². The van der Waals surface area contributed by atoms with Crippen molar-refractivity contribution in [2.75, 3.05) is 20.2 Å². The first-order valence-corrected chi connectivity index (χ1v) is 10.5. The summed E-state index contributed by atoms with van der Waals surface area (Å²) < 4.78 is 10.9. The van der Waals surface area contributed by atoms with Gasteiger partial charge in [-0.1, -0.05) is 38.1 Å². The van der Waals surface area contributed by atoms with Gasteiger partial charge in [-0.3, -0.25) is 4.79 Å². The number of primary amides is 1. The molecule has 0 fully saturated rings. The molecule has 1 aliphatic rings. The molecule has 1 aliphatic carbocycles. The Labute approximate surface area is 183 Å². The van der Waals surface area contributed by atoms with E-state index in [0.29, 0.717) is 17.9 Å². The van der Waals surface area contributed by atoms with Gasteiger partial charge in [0.25, 0.3) is 5.91 Å². The van der Waals surface area contributed by atoms with Crippen LogP contribution in [0.5, 0.6) is 5.75 Å². The van der Waals surface area contributed by atoms with Gasteiger partial charge in [-0.25, -0.2) is 4.79 Å². The molecule has 2 atom stereocenters. The number of rotatable bonds is 8. The van der Waals surface area contributed by atoms with Crippen LogP contribution in [0.1, 0.15) is 41.8 Å². The first-order chi connectivity index (χ1) is 14.8. The molecule has 4 N–H and O–H groups in total. The molecule has 0 saturated heterocycles. The SMILES string of the molecule is CO[C@H]1Cc2ccc(OC(N)=O)cc2C(C)(C)[C@@H]1NCCCNC(=O)c1ccccc1. The summed E-state index contributed by atoms with van der Waals surface area (Å²) in [5.74, 6) is 0.377. The minimum Gasteiger partial charge on any atom is -0.410 e. The molecule has 0 saturated carbocycles. The van der Waals surface area contributed by atoms with Crippen molar-refractivity contribution in [3.05, 3.63) is 65.2 Å². The minimum absolute atomic E-state index is 0.00400. The lowest BCUT2D eigenvalue weighted by molar-refractivity contribution is 0.0355. The molecule has 166 valence electrons. The summed E-state index contributed by atoms with van der Waals surface area (Å²) in [6.07, 6.45) is 0.730. The summed E-state index contributed by atoms with van der Waals surface area (Å²) >= 11 is 0. The van der Waals surface area contributed by atoms with Crippen molar-refractivity contribution in [2.24, 2.45) is 5.73 Å². The first-order valence-electron chi connectivity index (χ1n) is 10.5. The van der Waals surface area contributed by atoms with Crippen molar-refractivity contribution in [3.8, 4) is 5.75 Å². The number of fused-ring (bicyclic) bond motifs is 1. The molecular weight excluding hydrogens is 394 g/mol. The largest absolute Gasteiger partial charge is 0.410 e. The second kappa shape index (κ2) is 9.94. The molecule has 0 heterocycles. The number of nitrogens with two attached hydrogens (primary N) is 1. The monoisotopic (exact) mass is 425 g/mol. The Hall–Kier alpha value is -2.90. The quantitative estimate of drug-likeness (QED) is 0.565. The van der Waals surface area contributed by atoms with E-state index in [0.717, 1.165) is 24.9 Å². The molecule has 0 bridgehead atoms. The molecule has 0 spiro atoms. The van der Waals surface area contributed by atoms with Gasteiger partial charge in [0.15, 0.2) is 0 Å². The van der Waals surface area contributed by atoms with Crippen LogP contribution in [-0.2, 0) is 16.6 Å². The number of methoxy groups -OCH3 is 1. The molecule has 3 rings (SSSR count). The molecule has 31 heavy (non-hydrogen) atoms. The van der Waals surface area contributed by atoms with Crippen LogP contribution in [0.2, 0.25) is 0 Å².